The molecule has 0 aromatic heterocycles. The fourth-order valence-corrected chi connectivity index (χ4v) is 0.961. The van der Waals surface area contributed by atoms with E-state index in [0.29, 0.717) is 0 Å². The second kappa shape index (κ2) is 6.58. The van der Waals surface area contributed by atoms with E-state index in [2.05, 4.69) is 17.1 Å². The topological polar surface area (TPSA) is 35.5 Å². The van der Waals surface area contributed by atoms with Crippen molar-refractivity contribution < 1.29 is 5.11 Å². The summed E-state index contributed by atoms with van der Waals surface area (Å²) in [6.45, 7) is 4.25. The number of hydrogen-bond acceptors (Lipinski definition) is 3. The molecule has 1 atom stereocenters. The van der Waals surface area contributed by atoms with Gasteiger partial charge in [-0.25, -0.2) is 0 Å². The zero-order chi connectivity index (χ0) is 8.69. The minimum Gasteiger partial charge on any atom is -0.395 e. The van der Waals surface area contributed by atoms with E-state index in [0.717, 1.165) is 19.5 Å². The van der Waals surface area contributed by atoms with Crippen LogP contribution in [0.25, 0.3) is 0 Å². The van der Waals surface area contributed by atoms with Crippen molar-refractivity contribution in [2.24, 2.45) is 0 Å². The molecule has 0 radical (unpaired) electrons. The molecule has 2 N–H and O–H groups in total. The second-order valence-corrected chi connectivity index (χ2v) is 3.03. The molecule has 0 aliphatic heterocycles. The van der Waals surface area contributed by atoms with E-state index in [-0.39, 0.29) is 12.6 Å². The third-order valence-electron chi connectivity index (χ3n) is 1.64. The van der Waals surface area contributed by atoms with Crippen LogP contribution in [0.5, 0.6) is 0 Å². The van der Waals surface area contributed by atoms with Gasteiger partial charge in [0, 0.05) is 6.04 Å². The summed E-state index contributed by atoms with van der Waals surface area (Å²) in [6, 6.07) is 0.266. The molecule has 0 saturated carbocycles. The normalized spacial score (nSPS) is 13.9. The predicted molar refractivity (Wildman–Crippen MR) is 47.7 cm³/mol. The minimum absolute atomic E-state index is 0.238. The van der Waals surface area contributed by atoms with E-state index >= 15 is 0 Å². The number of aliphatic hydroxyl groups is 1. The van der Waals surface area contributed by atoms with Crippen LogP contribution in [0.1, 0.15) is 13.3 Å². The average molecular weight is 160 g/mol. The first-order chi connectivity index (χ1) is 5.20. The third kappa shape index (κ3) is 6.28. The highest BCUT2D eigenvalue weighted by atomic mass is 16.3. The smallest absolute Gasteiger partial charge is 0.0585 e. The van der Waals surface area contributed by atoms with Gasteiger partial charge in [0.25, 0.3) is 0 Å². The largest absolute Gasteiger partial charge is 0.395 e. The van der Waals surface area contributed by atoms with E-state index in [1.807, 2.05) is 14.1 Å². The number of aliphatic hydroxyl groups excluding tert-OH is 1. The van der Waals surface area contributed by atoms with Crippen molar-refractivity contribution in [3.8, 4) is 0 Å². The lowest BCUT2D eigenvalue weighted by Gasteiger charge is -2.17. The van der Waals surface area contributed by atoms with Gasteiger partial charge in [-0.05, 0) is 33.6 Å². The molecule has 0 aliphatic rings. The van der Waals surface area contributed by atoms with Crippen molar-refractivity contribution >= 4 is 0 Å². The number of rotatable bonds is 6. The van der Waals surface area contributed by atoms with Crippen molar-refractivity contribution in [2.45, 2.75) is 19.4 Å². The van der Waals surface area contributed by atoms with Gasteiger partial charge in [0.1, 0.15) is 0 Å². The Morgan fingerprint density at radius 1 is 1.45 bits per heavy atom. The lowest BCUT2D eigenvalue weighted by molar-refractivity contribution is 0.226. The molecular formula is C8H20N2O. The minimum atomic E-state index is 0.238. The van der Waals surface area contributed by atoms with Gasteiger partial charge in [-0.3, -0.25) is 0 Å². The summed E-state index contributed by atoms with van der Waals surface area (Å²) in [6.07, 6.45) is 1.01. The Morgan fingerprint density at radius 3 is 2.45 bits per heavy atom. The Bertz CT molecular complexity index is 86.2. The highest BCUT2D eigenvalue weighted by Gasteiger charge is 2.04. The molecule has 0 aromatic carbocycles. The van der Waals surface area contributed by atoms with Gasteiger partial charge in [-0.15, -0.1) is 0 Å². The van der Waals surface area contributed by atoms with Crippen molar-refractivity contribution in [3.63, 3.8) is 0 Å². The third-order valence-corrected chi connectivity index (χ3v) is 1.64. The molecule has 0 saturated heterocycles. The summed E-state index contributed by atoms with van der Waals surface area (Å²) in [5, 5.41) is 12.1. The molecule has 0 spiro atoms. The van der Waals surface area contributed by atoms with Crippen molar-refractivity contribution in [1.29, 1.82) is 0 Å². The maximum absolute atomic E-state index is 8.89. The zero-order valence-corrected chi connectivity index (χ0v) is 7.80. The SMILES string of the molecule is CCNC(CO)CCN(C)C. The van der Waals surface area contributed by atoms with Crippen LogP contribution in [0.3, 0.4) is 0 Å². The molecule has 0 bridgehead atoms. The summed E-state index contributed by atoms with van der Waals surface area (Å²) >= 11 is 0. The fraction of sp³-hybridized carbons (Fsp3) is 1.00. The van der Waals surface area contributed by atoms with Crippen LogP contribution in [0, 0.1) is 0 Å². The Balaban J connectivity index is 3.35. The monoisotopic (exact) mass is 160 g/mol. The fourth-order valence-electron chi connectivity index (χ4n) is 0.961. The molecule has 0 heterocycles. The standard InChI is InChI=1S/C8H20N2O/c1-4-9-8(7-11)5-6-10(2)3/h8-9,11H,4-7H2,1-3H3. The number of nitrogens with zero attached hydrogens (tertiary/aromatic N) is 1. The van der Waals surface area contributed by atoms with Gasteiger partial charge in [-0.2, -0.15) is 0 Å². The molecule has 11 heavy (non-hydrogen) atoms. The van der Waals surface area contributed by atoms with E-state index in [1.54, 1.807) is 0 Å². The van der Waals surface area contributed by atoms with Crippen LogP contribution < -0.4 is 5.32 Å². The lowest BCUT2D eigenvalue weighted by Crippen LogP contribution is -2.35. The van der Waals surface area contributed by atoms with Crippen LogP contribution in [0.2, 0.25) is 0 Å². The van der Waals surface area contributed by atoms with Crippen molar-refractivity contribution in [3.05, 3.63) is 0 Å². The molecule has 3 heteroatoms. The van der Waals surface area contributed by atoms with E-state index in [1.165, 1.54) is 0 Å². The van der Waals surface area contributed by atoms with Gasteiger partial charge in [0.05, 0.1) is 6.61 Å². The molecule has 3 nitrogen and oxygen atoms in total. The Hall–Kier alpha value is -0.120. The van der Waals surface area contributed by atoms with Gasteiger partial charge in [-0.1, -0.05) is 6.92 Å². The molecule has 0 aromatic rings. The summed E-state index contributed by atoms with van der Waals surface area (Å²) < 4.78 is 0. The van der Waals surface area contributed by atoms with Crippen LogP contribution in [0.4, 0.5) is 0 Å². The molecule has 0 fully saturated rings. The Morgan fingerprint density at radius 2 is 2.09 bits per heavy atom. The molecule has 68 valence electrons. The van der Waals surface area contributed by atoms with Crippen molar-refractivity contribution in [1.82, 2.24) is 10.2 Å². The lowest BCUT2D eigenvalue weighted by atomic mass is 10.2. The Labute approximate surface area is 69.4 Å². The summed E-state index contributed by atoms with van der Waals surface area (Å²) in [5.74, 6) is 0. The number of hydrogen-bond donors (Lipinski definition) is 2. The summed E-state index contributed by atoms with van der Waals surface area (Å²) in [7, 11) is 4.08. The maximum atomic E-state index is 8.89. The van der Waals surface area contributed by atoms with E-state index in [4.69, 9.17) is 5.11 Å². The van der Waals surface area contributed by atoms with Gasteiger partial charge in [0.15, 0.2) is 0 Å². The highest BCUT2D eigenvalue weighted by Crippen LogP contribution is 1.91. The molecule has 0 amide bonds. The molecule has 0 rings (SSSR count). The second-order valence-electron chi connectivity index (χ2n) is 3.03. The van der Waals surface area contributed by atoms with Gasteiger partial charge in [0.2, 0.25) is 0 Å². The summed E-state index contributed by atoms with van der Waals surface area (Å²) in [4.78, 5) is 2.12. The Kier molecular flexibility index (Phi) is 6.51. The maximum Gasteiger partial charge on any atom is 0.0585 e. The van der Waals surface area contributed by atoms with Crippen LogP contribution in [-0.4, -0.2) is 49.8 Å². The van der Waals surface area contributed by atoms with Crippen LogP contribution in [0.15, 0.2) is 0 Å². The van der Waals surface area contributed by atoms with Gasteiger partial charge < -0.3 is 15.3 Å². The number of nitrogens with one attached hydrogen (secondary N) is 1. The first-order valence-corrected chi connectivity index (χ1v) is 4.19. The van der Waals surface area contributed by atoms with Gasteiger partial charge >= 0.3 is 0 Å². The van der Waals surface area contributed by atoms with E-state index in [9.17, 15) is 0 Å². The summed E-state index contributed by atoms with van der Waals surface area (Å²) in [5.41, 5.74) is 0. The predicted octanol–water partition coefficient (Wildman–Crippen LogP) is -0.0915. The van der Waals surface area contributed by atoms with Crippen molar-refractivity contribution in [2.75, 3.05) is 33.8 Å². The zero-order valence-electron chi connectivity index (χ0n) is 7.80. The number of likely N-dealkylation sites (N-methyl/N-ethyl adjacent to an activating group) is 1. The first kappa shape index (κ1) is 10.9. The molecular weight excluding hydrogens is 140 g/mol. The molecule has 0 aliphatic carbocycles. The van der Waals surface area contributed by atoms with Crippen LogP contribution in [-0.2, 0) is 0 Å². The quantitative estimate of drug-likeness (QED) is 0.570. The van der Waals surface area contributed by atoms with Crippen LogP contribution >= 0.6 is 0 Å². The highest BCUT2D eigenvalue weighted by molar-refractivity contribution is 4.65. The molecule has 1 unspecified atom stereocenters. The average Bonchev–Trinajstić information content (AvgIpc) is 1.97. The first-order valence-electron chi connectivity index (χ1n) is 4.19. The van der Waals surface area contributed by atoms with E-state index < -0.39 is 0 Å².